The number of hydrogen-bond acceptors (Lipinski definition) is 4. The van der Waals surface area contributed by atoms with Crippen molar-refractivity contribution in [2.24, 2.45) is 0 Å². The maximum absolute atomic E-state index is 10.9. The summed E-state index contributed by atoms with van der Waals surface area (Å²) in [6.07, 6.45) is 0. The van der Waals surface area contributed by atoms with E-state index in [-0.39, 0.29) is 11.4 Å². The van der Waals surface area contributed by atoms with Crippen molar-refractivity contribution in [3.63, 3.8) is 0 Å². The molecule has 0 heterocycles. The van der Waals surface area contributed by atoms with Gasteiger partial charge in [0, 0.05) is 6.07 Å². The summed E-state index contributed by atoms with van der Waals surface area (Å²) in [5.41, 5.74) is 0.235. The highest BCUT2D eigenvalue weighted by atomic mass is 16.6. The molecule has 0 N–H and O–H groups in total. The Bertz CT molecular complexity index is 611. The van der Waals surface area contributed by atoms with E-state index >= 15 is 0 Å². The van der Waals surface area contributed by atoms with Crippen molar-refractivity contribution in [2.45, 2.75) is 0 Å². The van der Waals surface area contributed by atoms with Crippen LogP contribution in [-0.4, -0.2) is 9.85 Å². The third kappa shape index (κ3) is 2.17. The van der Waals surface area contributed by atoms with Gasteiger partial charge in [0.2, 0.25) is 0 Å². The SMILES string of the molecule is O=[N+]([O-])c1ccc(-c2[c]cccc2)c([N+](=O)[O-])c1. The molecule has 0 unspecified atom stereocenters. The number of rotatable bonds is 3. The van der Waals surface area contributed by atoms with Crippen LogP contribution in [0.2, 0.25) is 0 Å². The Hall–Kier alpha value is -2.76. The van der Waals surface area contributed by atoms with Crippen LogP contribution in [0.4, 0.5) is 11.4 Å². The zero-order chi connectivity index (χ0) is 13.1. The maximum Gasteiger partial charge on any atom is 0.284 e. The summed E-state index contributed by atoms with van der Waals surface area (Å²) in [4.78, 5) is 20.2. The van der Waals surface area contributed by atoms with E-state index in [0.29, 0.717) is 11.1 Å². The predicted molar refractivity (Wildman–Crippen MR) is 64.0 cm³/mol. The molecule has 6 heteroatoms. The third-order valence-electron chi connectivity index (χ3n) is 2.39. The lowest BCUT2D eigenvalue weighted by molar-refractivity contribution is -0.393. The van der Waals surface area contributed by atoms with Crippen LogP contribution >= 0.6 is 0 Å². The molecule has 2 rings (SSSR count). The summed E-state index contributed by atoms with van der Waals surface area (Å²) in [6, 6.07) is 13.2. The van der Waals surface area contributed by atoms with Crippen LogP contribution in [0.25, 0.3) is 11.1 Å². The van der Waals surface area contributed by atoms with E-state index < -0.39 is 9.85 Å². The van der Waals surface area contributed by atoms with Crippen molar-refractivity contribution in [1.29, 1.82) is 0 Å². The molecule has 1 radical (unpaired) electrons. The largest absolute Gasteiger partial charge is 0.284 e. The first-order valence-corrected chi connectivity index (χ1v) is 4.99. The maximum atomic E-state index is 10.9. The molecular weight excluding hydrogens is 236 g/mol. The molecule has 0 bridgehead atoms. The van der Waals surface area contributed by atoms with Crippen molar-refractivity contribution in [2.75, 3.05) is 0 Å². The number of nitro groups is 2. The summed E-state index contributed by atoms with van der Waals surface area (Å²) in [5, 5.41) is 21.5. The molecule has 2 aromatic rings. The van der Waals surface area contributed by atoms with Gasteiger partial charge < -0.3 is 0 Å². The highest BCUT2D eigenvalue weighted by Gasteiger charge is 2.20. The molecule has 0 saturated carbocycles. The minimum atomic E-state index is -0.661. The number of nitro benzene ring substituents is 2. The number of non-ortho nitro benzene ring substituents is 1. The van der Waals surface area contributed by atoms with Gasteiger partial charge in [-0.3, -0.25) is 20.2 Å². The average Bonchev–Trinajstić information content (AvgIpc) is 2.39. The van der Waals surface area contributed by atoms with Gasteiger partial charge in [0.25, 0.3) is 11.4 Å². The Morgan fingerprint density at radius 3 is 2.33 bits per heavy atom. The molecule has 0 aliphatic carbocycles. The molecule has 2 aromatic carbocycles. The number of nitrogens with zero attached hydrogens (tertiary/aromatic N) is 2. The summed E-state index contributed by atoms with van der Waals surface area (Å²) < 4.78 is 0. The van der Waals surface area contributed by atoms with E-state index in [1.54, 1.807) is 24.3 Å². The van der Waals surface area contributed by atoms with Crippen LogP contribution < -0.4 is 0 Å². The predicted octanol–water partition coefficient (Wildman–Crippen LogP) is 2.97. The second-order valence-electron chi connectivity index (χ2n) is 3.49. The second kappa shape index (κ2) is 4.62. The standard InChI is InChI=1S/C12H7N2O4/c15-13(16)10-6-7-11(12(8-10)14(17)18)9-4-2-1-3-5-9/h1-4,6-8H. The van der Waals surface area contributed by atoms with Gasteiger partial charge in [0.1, 0.15) is 0 Å². The Labute approximate surface area is 102 Å². The van der Waals surface area contributed by atoms with Gasteiger partial charge in [0.05, 0.1) is 21.5 Å². The van der Waals surface area contributed by atoms with E-state index in [1.807, 2.05) is 0 Å². The molecule has 0 spiro atoms. The fourth-order valence-electron chi connectivity index (χ4n) is 1.57. The lowest BCUT2D eigenvalue weighted by Crippen LogP contribution is -1.95. The number of benzene rings is 2. The normalized spacial score (nSPS) is 10.0. The monoisotopic (exact) mass is 243 g/mol. The minimum Gasteiger partial charge on any atom is -0.258 e. The van der Waals surface area contributed by atoms with Crippen LogP contribution in [0.15, 0.2) is 42.5 Å². The Morgan fingerprint density at radius 2 is 1.78 bits per heavy atom. The van der Waals surface area contributed by atoms with E-state index in [4.69, 9.17) is 0 Å². The summed E-state index contributed by atoms with van der Waals surface area (Å²) in [7, 11) is 0. The summed E-state index contributed by atoms with van der Waals surface area (Å²) in [6.45, 7) is 0. The highest BCUT2D eigenvalue weighted by molar-refractivity contribution is 5.74. The van der Waals surface area contributed by atoms with Crippen molar-refractivity contribution < 1.29 is 9.85 Å². The topological polar surface area (TPSA) is 86.3 Å². The van der Waals surface area contributed by atoms with E-state index in [0.717, 1.165) is 6.07 Å². The summed E-state index contributed by atoms with van der Waals surface area (Å²) in [5.74, 6) is 0. The molecule has 0 saturated heterocycles. The van der Waals surface area contributed by atoms with E-state index in [9.17, 15) is 20.2 Å². The average molecular weight is 243 g/mol. The lowest BCUT2D eigenvalue weighted by Gasteiger charge is -2.02. The van der Waals surface area contributed by atoms with Crippen molar-refractivity contribution in [3.8, 4) is 11.1 Å². The molecule has 0 aliphatic rings. The fourth-order valence-corrected chi connectivity index (χ4v) is 1.57. The molecule has 6 nitrogen and oxygen atoms in total. The molecule has 0 fully saturated rings. The van der Waals surface area contributed by atoms with E-state index in [2.05, 4.69) is 6.07 Å². The Morgan fingerprint density at radius 1 is 1.00 bits per heavy atom. The van der Waals surface area contributed by atoms with Crippen molar-refractivity contribution >= 4 is 11.4 Å². The summed E-state index contributed by atoms with van der Waals surface area (Å²) >= 11 is 0. The first-order chi connectivity index (χ1) is 8.59. The zero-order valence-electron chi connectivity index (χ0n) is 9.07. The lowest BCUT2D eigenvalue weighted by atomic mass is 10.0. The molecule has 0 aliphatic heterocycles. The van der Waals surface area contributed by atoms with Crippen LogP contribution in [0, 0.1) is 26.3 Å². The molecule has 89 valence electrons. The fraction of sp³-hybridized carbons (Fsp3) is 0. The Kier molecular flexibility index (Phi) is 3.01. The van der Waals surface area contributed by atoms with Crippen molar-refractivity contribution in [3.05, 3.63) is 68.8 Å². The van der Waals surface area contributed by atoms with Gasteiger partial charge in [-0.15, -0.1) is 0 Å². The zero-order valence-corrected chi connectivity index (χ0v) is 9.07. The molecule has 0 atom stereocenters. The molecular formula is C12H7N2O4. The van der Waals surface area contributed by atoms with Gasteiger partial charge in [-0.1, -0.05) is 24.3 Å². The van der Waals surface area contributed by atoms with Crippen molar-refractivity contribution in [1.82, 2.24) is 0 Å². The smallest absolute Gasteiger partial charge is 0.258 e. The quantitative estimate of drug-likeness (QED) is 0.612. The second-order valence-corrected chi connectivity index (χ2v) is 3.49. The molecule has 0 aromatic heterocycles. The van der Waals surface area contributed by atoms with E-state index in [1.165, 1.54) is 12.1 Å². The van der Waals surface area contributed by atoms with Gasteiger partial charge >= 0.3 is 0 Å². The molecule has 0 amide bonds. The highest BCUT2D eigenvalue weighted by Crippen LogP contribution is 2.32. The van der Waals surface area contributed by atoms with Crippen LogP contribution in [0.5, 0.6) is 0 Å². The third-order valence-corrected chi connectivity index (χ3v) is 2.39. The molecule has 18 heavy (non-hydrogen) atoms. The van der Waals surface area contributed by atoms with Crippen LogP contribution in [0.1, 0.15) is 0 Å². The first-order valence-electron chi connectivity index (χ1n) is 4.99. The van der Waals surface area contributed by atoms with Gasteiger partial charge in [-0.05, 0) is 17.7 Å². The van der Waals surface area contributed by atoms with Gasteiger partial charge in [-0.2, -0.15) is 0 Å². The number of hydrogen-bond donors (Lipinski definition) is 0. The Balaban J connectivity index is 2.61. The van der Waals surface area contributed by atoms with Crippen LogP contribution in [0.3, 0.4) is 0 Å². The minimum absolute atomic E-state index is 0.299. The first kappa shape index (κ1) is 11.7. The van der Waals surface area contributed by atoms with Gasteiger partial charge in [0.15, 0.2) is 0 Å². The van der Waals surface area contributed by atoms with Crippen LogP contribution in [-0.2, 0) is 0 Å². The van der Waals surface area contributed by atoms with Gasteiger partial charge in [-0.25, -0.2) is 0 Å².